The number of aryl methyl sites for hydroxylation is 3. The number of nitrogens with one attached hydrogen (secondary N) is 2. The first-order valence-electron chi connectivity index (χ1n) is 6.82. The van der Waals surface area contributed by atoms with Crippen LogP contribution >= 0.6 is 34.8 Å². The van der Waals surface area contributed by atoms with Crippen molar-refractivity contribution in [2.45, 2.75) is 20.8 Å². The summed E-state index contributed by atoms with van der Waals surface area (Å²) in [4.78, 5) is 12.2. The molecule has 0 atom stereocenters. The fraction of sp³-hybridized carbons (Fsp3) is 0.176. The van der Waals surface area contributed by atoms with Gasteiger partial charge >= 0.3 is 0 Å². The Morgan fingerprint density at radius 2 is 1.73 bits per heavy atom. The van der Waals surface area contributed by atoms with E-state index in [1.807, 2.05) is 32.0 Å². The predicted molar refractivity (Wildman–Crippen MR) is 103 cm³/mol. The number of carbonyl (C=O) groups is 1. The van der Waals surface area contributed by atoms with Crippen LogP contribution in [0.25, 0.3) is 0 Å². The lowest BCUT2D eigenvalue weighted by Crippen LogP contribution is -2.34. The Kier molecular flexibility index (Phi) is 5.52. The average Bonchev–Trinajstić information content (AvgIpc) is 2.42. The van der Waals surface area contributed by atoms with Crippen LogP contribution in [0.3, 0.4) is 0 Å². The maximum absolute atomic E-state index is 12.2. The molecule has 0 aromatic heterocycles. The fourth-order valence-electron chi connectivity index (χ4n) is 2.33. The molecule has 0 bridgehead atoms. The lowest BCUT2D eigenvalue weighted by atomic mass is 10.1. The lowest BCUT2D eigenvalue weighted by molar-refractivity contribution is 0.0977. The van der Waals surface area contributed by atoms with E-state index in [0.717, 1.165) is 20.4 Å². The Morgan fingerprint density at radius 3 is 2.32 bits per heavy atom. The number of rotatable bonds is 2. The van der Waals surface area contributed by atoms with E-state index < -0.39 is 0 Å². The van der Waals surface area contributed by atoms with Gasteiger partial charge in [0, 0.05) is 14.8 Å². The molecule has 22 heavy (non-hydrogen) atoms. The number of halogens is 1. The predicted octanol–water partition coefficient (Wildman–Crippen LogP) is 4.34. The molecule has 0 aliphatic heterocycles. The Morgan fingerprint density at radius 1 is 1.09 bits per heavy atom. The summed E-state index contributed by atoms with van der Waals surface area (Å²) in [6.07, 6.45) is 0. The normalized spacial score (nSPS) is 10.2. The van der Waals surface area contributed by atoms with Crippen molar-refractivity contribution in [3.05, 3.63) is 62.2 Å². The van der Waals surface area contributed by atoms with Gasteiger partial charge in [-0.2, -0.15) is 0 Å². The third-order valence-corrected chi connectivity index (χ3v) is 4.10. The van der Waals surface area contributed by atoms with Gasteiger partial charge in [-0.1, -0.05) is 23.8 Å². The van der Waals surface area contributed by atoms with Crippen LogP contribution in [0.1, 0.15) is 27.0 Å². The van der Waals surface area contributed by atoms with E-state index in [0.29, 0.717) is 10.7 Å². The fourth-order valence-corrected chi connectivity index (χ4v) is 3.06. The Labute approximate surface area is 149 Å². The van der Waals surface area contributed by atoms with E-state index in [1.54, 1.807) is 6.07 Å². The molecular weight excluding hydrogens is 407 g/mol. The maximum atomic E-state index is 12.2. The van der Waals surface area contributed by atoms with Crippen LogP contribution in [-0.4, -0.2) is 11.0 Å². The van der Waals surface area contributed by atoms with Crippen molar-refractivity contribution in [3.8, 4) is 0 Å². The molecule has 0 aliphatic rings. The number of anilines is 1. The third-order valence-electron chi connectivity index (χ3n) is 3.23. The molecule has 0 fully saturated rings. The molecule has 0 aliphatic carbocycles. The zero-order valence-electron chi connectivity index (χ0n) is 12.7. The zero-order chi connectivity index (χ0) is 16.3. The van der Waals surface area contributed by atoms with Gasteiger partial charge in [0.05, 0.1) is 0 Å². The van der Waals surface area contributed by atoms with Gasteiger partial charge in [-0.3, -0.25) is 10.1 Å². The summed E-state index contributed by atoms with van der Waals surface area (Å²) in [6.45, 7) is 6.10. The minimum absolute atomic E-state index is 0.210. The minimum atomic E-state index is -0.210. The monoisotopic (exact) mass is 424 g/mol. The van der Waals surface area contributed by atoms with Gasteiger partial charge in [0.1, 0.15) is 0 Å². The highest BCUT2D eigenvalue weighted by atomic mass is 127. The molecule has 1 amide bonds. The first kappa shape index (κ1) is 16.9. The van der Waals surface area contributed by atoms with Crippen molar-refractivity contribution in [2.24, 2.45) is 0 Å². The second-order valence-corrected chi connectivity index (χ2v) is 6.85. The molecule has 3 nitrogen and oxygen atoms in total. The van der Waals surface area contributed by atoms with Gasteiger partial charge < -0.3 is 5.32 Å². The number of hydrogen-bond acceptors (Lipinski definition) is 2. The van der Waals surface area contributed by atoms with Crippen molar-refractivity contribution in [2.75, 3.05) is 5.32 Å². The van der Waals surface area contributed by atoms with Crippen LogP contribution in [0.2, 0.25) is 0 Å². The summed E-state index contributed by atoms with van der Waals surface area (Å²) in [6, 6.07) is 11.5. The molecule has 0 saturated carbocycles. The van der Waals surface area contributed by atoms with Crippen LogP contribution < -0.4 is 10.6 Å². The van der Waals surface area contributed by atoms with E-state index >= 15 is 0 Å². The van der Waals surface area contributed by atoms with E-state index in [-0.39, 0.29) is 5.91 Å². The van der Waals surface area contributed by atoms with Crippen molar-refractivity contribution in [3.63, 3.8) is 0 Å². The largest absolute Gasteiger partial charge is 0.332 e. The second-order valence-electron chi connectivity index (χ2n) is 5.19. The summed E-state index contributed by atoms with van der Waals surface area (Å²) in [7, 11) is 0. The van der Waals surface area contributed by atoms with Crippen LogP contribution in [0.15, 0.2) is 36.4 Å². The van der Waals surface area contributed by atoms with Crippen molar-refractivity contribution in [1.29, 1.82) is 0 Å². The van der Waals surface area contributed by atoms with Gasteiger partial charge in [-0.05, 0) is 84.9 Å². The number of benzene rings is 2. The van der Waals surface area contributed by atoms with Crippen LogP contribution in [0.5, 0.6) is 0 Å². The van der Waals surface area contributed by atoms with Crippen LogP contribution in [-0.2, 0) is 0 Å². The third kappa shape index (κ3) is 4.27. The molecule has 0 spiro atoms. The molecule has 0 radical (unpaired) electrons. The highest BCUT2D eigenvalue weighted by Crippen LogP contribution is 2.21. The van der Waals surface area contributed by atoms with Crippen molar-refractivity contribution >= 4 is 51.5 Å². The average molecular weight is 424 g/mol. The number of amides is 1. The van der Waals surface area contributed by atoms with E-state index in [1.165, 1.54) is 5.56 Å². The van der Waals surface area contributed by atoms with Gasteiger partial charge in [0.2, 0.25) is 0 Å². The molecule has 0 unspecified atom stereocenters. The lowest BCUT2D eigenvalue weighted by Gasteiger charge is -2.15. The minimum Gasteiger partial charge on any atom is -0.332 e. The molecule has 0 saturated heterocycles. The topological polar surface area (TPSA) is 41.1 Å². The van der Waals surface area contributed by atoms with E-state index in [9.17, 15) is 4.79 Å². The zero-order valence-corrected chi connectivity index (χ0v) is 15.6. The Hall–Kier alpha value is -1.47. The van der Waals surface area contributed by atoms with Crippen molar-refractivity contribution in [1.82, 2.24) is 5.32 Å². The number of carbonyl (C=O) groups excluding carboxylic acids is 1. The molecule has 5 heteroatoms. The summed E-state index contributed by atoms with van der Waals surface area (Å²) in [5.41, 5.74) is 4.94. The first-order valence-corrected chi connectivity index (χ1v) is 8.31. The highest BCUT2D eigenvalue weighted by molar-refractivity contribution is 14.1. The van der Waals surface area contributed by atoms with E-state index in [2.05, 4.69) is 52.3 Å². The summed E-state index contributed by atoms with van der Waals surface area (Å²) < 4.78 is 1.01. The van der Waals surface area contributed by atoms with Gasteiger partial charge in [-0.25, -0.2) is 0 Å². The van der Waals surface area contributed by atoms with Gasteiger partial charge in [0.25, 0.3) is 5.91 Å². The van der Waals surface area contributed by atoms with Gasteiger partial charge in [0.15, 0.2) is 5.11 Å². The molecule has 2 aromatic rings. The molecule has 2 rings (SSSR count). The van der Waals surface area contributed by atoms with E-state index in [4.69, 9.17) is 12.2 Å². The SMILES string of the molecule is Cc1cc(C)c(NC(=S)NC(=O)c2cccc(I)c2)c(C)c1. The molecule has 114 valence electrons. The number of thiocarbonyl (C=S) groups is 1. The Bertz CT molecular complexity index is 720. The molecular formula is C17H17IN2OS. The second kappa shape index (κ2) is 7.19. The first-order chi connectivity index (χ1) is 10.4. The maximum Gasteiger partial charge on any atom is 0.257 e. The highest BCUT2D eigenvalue weighted by Gasteiger charge is 2.10. The van der Waals surface area contributed by atoms with Gasteiger partial charge in [-0.15, -0.1) is 0 Å². The van der Waals surface area contributed by atoms with Crippen LogP contribution in [0, 0.1) is 24.3 Å². The van der Waals surface area contributed by atoms with Crippen LogP contribution in [0.4, 0.5) is 5.69 Å². The molecule has 0 heterocycles. The molecule has 2 N–H and O–H groups in total. The smallest absolute Gasteiger partial charge is 0.257 e. The standard InChI is InChI=1S/C17H17IN2OS/c1-10-7-11(2)15(12(3)8-10)19-17(22)20-16(21)13-5-4-6-14(18)9-13/h4-9H,1-3H3,(H2,19,20,21,22). The summed E-state index contributed by atoms with van der Waals surface area (Å²) in [5.74, 6) is -0.210. The quantitative estimate of drug-likeness (QED) is 0.557. The summed E-state index contributed by atoms with van der Waals surface area (Å²) in [5, 5.41) is 6.14. The molecule has 2 aromatic carbocycles. The van der Waals surface area contributed by atoms with Crippen molar-refractivity contribution < 1.29 is 4.79 Å². The Balaban J connectivity index is 2.09. The summed E-state index contributed by atoms with van der Waals surface area (Å²) >= 11 is 7.43. The number of hydrogen-bond donors (Lipinski definition) is 2.